The second-order valence-corrected chi connectivity index (χ2v) is 4.35. The molecule has 0 unspecified atom stereocenters. The van der Waals surface area contributed by atoms with E-state index in [1.807, 2.05) is 5.10 Å². The van der Waals surface area contributed by atoms with Gasteiger partial charge < -0.3 is 9.64 Å². The van der Waals surface area contributed by atoms with Gasteiger partial charge in [-0.1, -0.05) is 0 Å². The van der Waals surface area contributed by atoms with Crippen molar-refractivity contribution in [2.24, 2.45) is 0 Å². The van der Waals surface area contributed by atoms with E-state index in [1.165, 1.54) is 0 Å². The molecule has 0 spiro atoms. The van der Waals surface area contributed by atoms with Crippen LogP contribution < -0.4 is 4.74 Å². The fourth-order valence-electron chi connectivity index (χ4n) is 1.89. The fourth-order valence-corrected chi connectivity index (χ4v) is 1.89. The first-order valence-electron chi connectivity index (χ1n) is 6.00. The number of hydrogen-bond acceptors (Lipinski definition) is 3. The normalized spacial score (nSPS) is 16.5. The molecule has 0 aliphatic carbocycles. The van der Waals surface area contributed by atoms with Gasteiger partial charge in [-0.05, 0) is 19.3 Å². The van der Waals surface area contributed by atoms with Crippen LogP contribution in [0.25, 0.3) is 0 Å². The molecular weight excluding hydrogens is 263 g/mol. The second-order valence-electron chi connectivity index (χ2n) is 4.35. The van der Waals surface area contributed by atoms with Crippen LogP contribution in [0.3, 0.4) is 0 Å². The molecule has 2 rings (SSSR count). The van der Waals surface area contributed by atoms with Crippen LogP contribution >= 0.6 is 0 Å². The van der Waals surface area contributed by atoms with Gasteiger partial charge in [0.15, 0.2) is 6.61 Å². The van der Waals surface area contributed by atoms with Crippen LogP contribution in [0.2, 0.25) is 0 Å². The maximum atomic E-state index is 12.3. The summed E-state index contributed by atoms with van der Waals surface area (Å²) in [6, 6.07) is 0.740. The lowest BCUT2D eigenvalue weighted by atomic mass is 10.1. The molecule has 0 bridgehead atoms. The predicted molar refractivity (Wildman–Crippen MR) is 59.5 cm³/mol. The first-order valence-corrected chi connectivity index (χ1v) is 6.00. The maximum Gasteiger partial charge on any atom is 0.432 e. The summed E-state index contributed by atoms with van der Waals surface area (Å²) in [5.41, 5.74) is -0.993. The van der Waals surface area contributed by atoms with E-state index in [1.54, 1.807) is 4.90 Å². The Bertz CT molecular complexity index is 439. The number of ether oxygens (including phenoxy) is 1. The van der Waals surface area contributed by atoms with Gasteiger partial charge in [-0.25, -0.2) is 0 Å². The summed E-state index contributed by atoms with van der Waals surface area (Å²) in [7, 11) is 0. The summed E-state index contributed by atoms with van der Waals surface area (Å²) in [4.78, 5) is 13.4. The van der Waals surface area contributed by atoms with Gasteiger partial charge in [-0.15, -0.1) is 5.10 Å². The van der Waals surface area contributed by atoms with Crippen molar-refractivity contribution < 1.29 is 22.7 Å². The Hall–Kier alpha value is -1.73. The topological polar surface area (TPSA) is 58.2 Å². The van der Waals surface area contributed by atoms with Crippen molar-refractivity contribution >= 4 is 5.91 Å². The smallest absolute Gasteiger partial charge is 0.432 e. The number of carbonyl (C=O) groups excluding carboxylic acids is 1. The van der Waals surface area contributed by atoms with Crippen molar-refractivity contribution in [3.05, 3.63) is 11.8 Å². The van der Waals surface area contributed by atoms with Gasteiger partial charge in [0.25, 0.3) is 5.91 Å². The number of aromatic nitrogens is 2. The number of alkyl halides is 3. The van der Waals surface area contributed by atoms with Crippen molar-refractivity contribution in [2.75, 3.05) is 19.7 Å². The van der Waals surface area contributed by atoms with Crippen LogP contribution in [0.4, 0.5) is 13.2 Å². The zero-order valence-corrected chi connectivity index (χ0v) is 10.2. The van der Waals surface area contributed by atoms with Crippen molar-refractivity contribution in [3.8, 4) is 5.88 Å². The number of nitrogens with zero attached hydrogens (tertiary/aromatic N) is 2. The molecule has 1 fully saturated rings. The Morgan fingerprint density at radius 3 is 2.63 bits per heavy atom. The van der Waals surface area contributed by atoms with Gasteiger partial charge in [0.05, 0.1) is 0 Å². The lowest BCUT2D eigenvalue weighted by molar-refractivity contribution is -0.141. The molecule has 0 radical (unpaired) electrons. The van der Waals surface area contributed by atoms with Gasteiger partial charge in [0, 0.05) is 19.2 Å². The Morgan fingerprint density at radius 1 is 1.37 bits per heavy atom. The van der Waals surface area contributed by atoms with E-state index < -0.39 is 11.9 Å². The molecule has 1 aromatic heterocycles. The van der Waals surface area contributed by atoms with Gasteiger partial charge >= 0.3 is 6.18 Å². The molecular formula is C11H14F3N3O2. The Morgan fingerprint density at radius 2 is 2.05 bits per heavy atom. The molecule has 1 saturated heterocycles. The number of nitrogens with one attached hydrogen (secondary N) is 1. The van der Waals surface area contributed by atoms with Crippen LogP contribution in [0.15, 0.2) is 6.07 Å². The van der Waals surface area contributed by atoms with E-state index in [9.17, 15) is 18.0 Å². The molecule has 19 heavy (non-hydrogen) atoms. The number of likely N-dealkylation sites (tertiary alicyclic amines) is 1. The minimum absolute atomic E-state index is 0.224. The minimum atomic E-state index is -4.49. The van der Waals surface area contributed by atoms with E-state index >= 15 is 0 Å². The Kier molecular flexibility index (Phi) is 3.96. The Balaban J connectivity index is 1.85. The van der Waals surface area contributed by atoms with Gasteiger partial charge in [-0.2, -0.15) is 13.2 Å². The molecule has 1 aromatic rings. The first kappa shape index (κ1) is 13.7. The summed E-state index contributed by atoms with van der Waals surface area (Å²) < 4.78 is 41.8. The van der Waals surface area contributed by atoms with E-state index in [4.69, 9.17) is 4.74 Å². The van der Waals surface area contributed by atoms with E-state index in [0.717, 1.165) is 25.3 Å². The molecule has 2 heterocycles. The highest BCUT2D eigenvalue weighted by molar-refractivity contribution is 5.77. The van der Waals surface area contributed by atoms with Crippen molar-refractivity contribution in [1.82, 2.24) is 15.1 Å². The number of hydrogen-bond donors (Lipinski definition) is 1. The summed E-state index contributed by atoms with van der Waals surface area (Å²) in [5.74, 6) is -0.450. The number of carbonyl (C=O) groups is 1. The third kappa shape index (κ3) is 3.62. The summed E-state index contributed by atoms with van der Waals surface area (Å²) in [6.45, 7) is 1.06. The van der Waals surface area contributed by atoms with Gasteiger partial charge in [0.2, 0.25) is 5.88 Å². The summed E-state index contributed by atoms with van der Waals surface area (Å²) in [6.07, 6.45) is -1.50. The van der Waals surface area contributed by atoms with E-state index in [2.05, 4.69) is 5.10 Å². The quantitative estimate of drug-likeness (QED) is 0.916. The zero-order chi connectivity index (χ0) is 13.9. The van der Waals surface area contributed by atoms with Crippen molar-refractivity contribution in [3.63, 3.8) is 0 Å². The third-order valence-electron chi connectivity index (χ3n) is 2.91. The molecule has 1 amide bonds. The first-order chi connectivity index (χ1) is 8.97. The van der Waals surface area contributed by atoms with Crippen LogP contribution in [-0.4, -0.2) is 40.7 Å². The zero-order valence-electron chi connectivity index (χ0n) is 10.2. The maximum absolute atomic E-state index is 12.3. The molecule has 106 valence electrons. The largest absolute Gasteiger partial charge is 0.466 e. The van der Waals surface area contributed by atoms with Crippen molar-refractivity contribution in [1.29, 1.82) is 0 Å². The van der Waals surface area contributed by atoms with E-state index in [0.29, 0.717) is 13.1 Å². The molecule has 1 aliphatic heterocycles. The SMILES string of the molecule is O=C(COc1cc(C(F)(F)F)[nH]n1)N1CCCCC1. The van der Waals surface area contributed by atoms with E-state index in [-0.39, 0.29) is 18.4 Å². The average Bonchev–Trinajstić information content (AvgIpc) is 2.86. The predicted octanol–water partition coefficient (Wildman–Crippen LogP) is 1.82. The van der Waals surface area contributed by atoms with Gasteiger partial charge in [-0.3, -0.25) is 9.89 Å². The van der Waals surface area contributed by atoms with Crippen LogP contribution in [0, 0.1) is 0 Å². The van der Waals surface area contributed by atoms with Crippen molar-refractivity contribution in [2.45, 2.75) is 25.4 Å². The molecule has 0 aromatic carbocycles. The highest BCUT2D eigenvalue weighted by Gasteiger charge is 2.33. The van der Waals surface area contributed by atoms with Gasteiger partial charge in [0.1, 0.15) is 5.69 Å². The standard InChI is InChI=1S/C11H14F3N3O2/c12-11(13,14)8-6-9(16-15-8)19-7-10(18)17-4-2-1-3-5-17/h6H,1-5,7H2,(H,15,16). The Labute approximate surface area is 107 Å². The number of rotatable bonds is 3. The summed E-state index contributed by atoms with van der Waals surface area (Å²) in [5, 5.41) is 5.19. The second kappa shape index (κ2) is 5.50. The highest BCUT2D eigenvalue weighted by Crippen LogP contribution is 2.29. The molecule has 0 atom stereocenters. The monoisotopic (exact) mass is 277 g/mol. The van der Waals surface area contributed by atoms with Crippen LogP contribution in [-0.2, 0) is 11.0 Å². The molecule has 1 N–H and O–H groups in total. The number of amides is 1. The van der Waals surface area contributed by atoms with Crippen LogP contribution in [0.1, 0.15) is 25.0 Å². The highest BCUT2D eigenvalue weighted by atomic mass is 19.4. The molecule has 8 heteroatoms. The van der Waals surface area contributed by atoms with Crippen LogP contribution in [0.5, 0.6) is 5.88 Å². The molecule has 1 aliphatic rings. The number of H-pyrrole nitrogens is 1. The summed E-state index contributed by atoms with van der Waals surface area (Å²) >= 11 is 0. The molecule has 5 nitrogen and oxygen atoms in total. The number of piperidine rings is 1. The fraction of sp³-hybridized carbons (Fsp3) is 0.636. The number of aromatic amines is 1. The third-order valence-corrected chi connectivity index (χ3v) is 2.91. The number of halogens is 3. The minimum Gasteiger partial charge on any atom is -0.466 e. The molecule has 0 saturated carbocycles. The lowest BCUT2D eigenvalue weighted by Gasteiger charge is -2.26. The average molecular weight is 277 g/mol. The lowest BCUT2D eigenvalue weighted by Crippen LogP contribution is -2.38.